The van der Waals surface area contributed by atoms with Crippen molar-refractivity contribution in [1.82, 2.24) is 14.5 Å². The first kappa shape index (κ1) is 15.8. The van der Waals surface area contributed by atoms with Gasteiger partial charge in [-0.05, 0) is 19.9 Å². The van der Waals surface area contributed by atoms with E-state index in [2.05, 4.69) is 9.97 Å². The van der Waals surface area contributed by atoms with Crippen LogP contribution in [0.1, 0.15) is 32.2 Å². The molecule has 1 N–H and O–H groups in total. The lowest BCUT2D eigenvalue weighted by Crippen LogP contribution is -2.31. The van der Waals surface area contributed by atoms with Gasteiger partial charge in [0, 0.05) is 11.6 Å². The fourth-order valence-electron chi connectivity index (χ4n) is 3.40. The Morgan fingerprint density at radius 2 is 2.04 bits per heavy atom. The molecule has 0 bridgehead atoms. The first-order chi connectivity index (χ1) is 11.4. The number of aliphatic hydroxyl groups is 1. The van der Waals surface area contributed by atoms with E-state index in [1.165, 1.54) is 6.07 Å². The van der Waals surface area contributed by atoms with Gasteiger partial charge in [0.1, 0.15) is 36.0 Å². The van der Waals surface area contributed by atoms with Gasteiger partial charge in [-0.1, -0.05) is 0 Å². The first-order valence-corrected chi connectivity index (χ1v) is 7.63. The summed E-state index contributed by atoms with van der Waals surface area (Å²) in [6.07, 6.45) is -2.09. The fraction of sp³-hybridized carbons (Fsp3) is 0.600. The number of hydrogen-bond acceptors (Lipinski definition) is 6. The van der Waals surface area contributed by atoms with E-state index in [0.29, 0.717) is 5.65 Å². The van der Waals surface area contributed by atoms with Gasteiger partial charge in [-0.15, -0.1) is 0 Å². The van der Waals surface area contributed by atoms with Crippen molar-refractivity contribution in [2.75, 3.05) is 6.61 Å². The zero-order chi connectivity index (χ0) is 17.1. The van der Waals surface area contributed by atoms with E-state index in [1.54, 1.807) is 24.6 Å². The maximum absolute atomic E-state index is 13.1. The van der Waals surface area contributed by atoms with E-state index >= 15 is 0 Å². The number of alkyl halides is 2. The van der Waals surface area contributed by atoms with E-state index in [0.717, 1.165) is 6.33 Å². The zero-order valence-electron chi connectivity index (χ0n) is 13.1. The van der Waals surface area contributed by atoms with Crippen LogP contribution in [-0.4, -0.2) is 50.3 Å². The van der Waals surface area contributed by atoms with Gasteiger partial charge < -0.3 is 23.9 Å². The maximum Gasteiger partial charge on any atom is 0.281 e. The standard InChI is InChI=1S/C15H17F2N3O4/c1-15(2)23-10-8(5-21)22-14(11(10)24-15)20-4-3-7-9(12(16)17)18-6-19-13(7)20/h3-4,6,8,10-12,14,21H,5H2,1-2H3/t8-,10-,11-,14-/m1/s1. The molecule has 2 saturated heterocycles. The molecule has 0 unspecified atom stereocenters. The molecule has 130 valence electrons. The van der Waals surface area contributed by atoms with E-state index in [4.69, 9.17) is 14.2 Å². The average Bonchev–Trinajstić information content (AvgIpc) is 3.17. The van der Waals surface area contributed by atoms with E-state index < -0.39 is 36.8 Å². The second kappa shape index (κ2) is 5.41. The van der Waals surface area contributed by atoms with Crippen molar-refractivity contribution in [3.05, 3.63) is 24.3 Å². The van der Waals surface area contributed by atoms with Crippen LogP contribution >= 0.6 is 0 Å². The van der Waals surface area contributed by atoms with Crippen LogP contribution in [0.25, 0.3) is 11.0 Å². The van der Waals surface area contributed by atoms with Crippen molar-refractivity contribution in [2.45, 2.75) is 50.6 Å². The third kappa shape index (κ3) is 2.31. The van der Waals surface area contributed by atoms with E-state index in [1.807, 2.05) is 0 Å². The molecule has 4 heterocycles. The molecule has 0 amide bonds. The number of nitrogens with zero attached hydrogens (tertiary/aromatic N) is 3. The molecule has 2 aliphatic heterocycles. The molecule has 0 saturated carbocycles. The number of aliphatic hydroxyl groups excluding tert-OH is 1. The Kier molecular flexibility index (Phi) is 3.57. The lowest BCUT2D eigenvalue weighted by atomic mass is 10.1. The summed E-state index contributed by atoms with van der Waals surface area (Å²) in [7, 11) is 0. The number of rotatable bonds is 3. The minimum Gasteiger partial charge on any atom is -0.394 e. The monoisotopic (exact) mass is 341 g/mol. The SMILES string of the molecule is CC1(C)O[C@@H]2[C@H](O1)[C@@H](CO)O[C@H]2n1ccc2c(C(F)F)ncnc21. The summed E-state index contributed by atoms with van der Waals surface area (Å²) in [6.45, 7) is 3.33. The summed E-state index contributed by atoms with van der Waals surface area (Å²) in [6, 6.07) is 1.53. The summed E-state index contributed by atoms with van der Waals surface area (Å²) < 4.78 is 45.4. The molecular weight excluding hydrogens is 324 g/mol. The van der Waals surface area contributed by atoms with Crippen molar-refractivity contribution < 1.29 is 28.1 Å². The predicted octanol–water partition coefficient (Wildman–Crippen LogP) is 1.78. The minimum absolute atomic E-state index is 0.229. The molecular formula is C15H17F2N3O4. The van der Waals surface area contributed by atoms with Gasteiger partial charge in [-0.3, -0.25) is 0 Å². The van der Waals surface area contributed by atoms with Gasteiger partial charge in [0.05, 0.1) is 6.61 Å². The Labute approximate surface area is 136 Å². The van der Waals surface area contributed by atoms with Crippen LogP contribution in [0.3, 0.4) is 0 Å². The van der Waals surface area contributed by atoms with E-state index in [9.17, 15) is 13.9 Å². The summed E-state index contributed by atoms with van der Waals surface area (Å²) in [4.78, 5) is 7.77. The number of aromatic nitrogens is 3. The molecule has 2 aliphatic rings. The van der Waals surface area contributed by atoms with Crippen LogP contribution < -0.4 is 0 Å². The van der Waals surface area contributed by atoms with Gasteiger partial charge >= 0.3 is 0 Å². The van der Waals surface area contributed by atoms with Crippen molar-refractivity contribution in [2.24, 2.45) is 0 Å². The van der Waals surface area contributed by atoms with Crippen molar-refractivity contribution >= 4 is 11.0 Å². The zero-order valence-corrected chi connectivity index (χ0v) is 13.1. The van der Waals surface area contributed by atoms with Crippen molar-refractivity contribution in [3.63, 3.8) is 0 Å². The quantitative estimate of drug-likeness (QED) is 0.917. The van der Waals surface area contributed by atoms with Gasteiger partial charge in [0.25, 0.3) is 6.43 Å². The van der Waals surface area contributed by atoms with Gasteiger partial charge in [0.2, 0.25) is 0 Å². The summed E-state index contributed by atoms with van der Waals surface area (Å²) in [5, 5.41) is 9.80. The fourth-order valence-corrected chi connectivity index (χ4v) is 3.40. The highest BCUT2D eigenvalue weighted by Crippen LogP contribution is 2.44. The Bertz CT molecular complexity index is 766. The lowest BCUT2D eigenvalue weighted by Gasteiger charge is -2.24. The largest absolute Gasteiger partial charge is 0.394 e. The molecule has 2 aromatic rings. The first-order valence-electron chi connectivity index (χ1n) is 7.63. The Hall–Kier alpha value is -1.68. The van der Waals surface area contributed by atoms with E-state index in [-0.39, 0.29) is 17.7 Å². The summed E-state index contributed by atoms with van der Waals surface area (Å²) in [5.41, 5.74) is 0.00636. The highest BCUT2D eigenvalue weighted by Gasteiger charge is 2.55. The molecule has 0 aromatic carbocycles. The van der Waals surface area contributed by atoms with Crippen molar-refractivity contribution in [3.8, 4) is 0 Å². The van der Waals surface area contributed by atoms with Crippen LogP contribution in [0.4, 0.5) is 8.78 Å². The second-order valence-electron chi connectivity index (χ2n) is 6.33. The Balaban J connectivity index is 1.76. The molecule has 9 heteroatoms. The van der Waals surface area contributed by atoms with Crippen LogP contribution in [-0.2, 0) is 14.2 Å². The summed E-state index contributed by atoms with van der Waals surface area (Å²) in [5.74, 6) is -0.809. The minimum atomic E-state index is -2.70. The number of fused-ring (bicyclic) bond motifs is 2. The van der Waals surface area contributed by atoms with Gasteiger partial charge in [-0.2, -0.15) is 0 Å². The van der Waals surface area contributed by atoms with Crippen LogP contribution in [0, 0.1) is 0 Å². The predicted molar refractivity (Wildman–Crippen MR) is 77.3 cm³/mol. The van der Waals surface area contributed by atoms with Crippen LogP contribution in [0.5, 0.6) is 0 Å². The molecule has 24 heavy (non-hydrogen) atoms. The summed E-state index contributed by atoms with van der Waals surface area (Å²) >= 11 is 0. The Morgan fingerprint density at radius 1 is 1.29 bits per heavy atom. The molecule has 7 nitrogen and oxygen atoms in total. The molecule has 4 atom stereocenters. The number of ether oxygens (including phenoxy) is 3. The average molecular weight is 341 g/mol. The topological polar surface area (TPSA) is 78.6 Å². The molecule has 0 radical (unpaired) electrons. The van der Waals surface area contributed by atoms with Gasteiger partial charge in [-0.25, -0.2) is 18.7 Å². The third-order valence-corrected chi connectivity index (χ3v) is 4.33. The second-order valence-corrected chi connectivity index (χ2v) is 6.33. The number of halogens is 2. The Morgan fingerprint density at radius 3 is 2.75 bits per heavy atom. The number of hydrogen-bond donors (Lipinski definition) is 1. The lowest BCUT2D eigenvalue weighted by molar-refractivity contribution is -0.199. The van der Waals surface area contributed by atoms with Crippen LogP contribution in [0.2, 0.25) is 0 Å². The molecule has 0 spiro atoms. The maximum atomic E-state index is 13.1. The third-order valence-electron chi connectivity index (χ3n) is 4.33. The molecule has 4 rings (SSSR count). The molecule has 0 aliphatic carbocycles. The van der Waals surface area contributed by atoms with Crippen molar-refractivity contribution in [1.29, 1.82) is 0 Å². The smallest absolute Gasteiger partial charge is 0.281 e. The normalized spacial score (nSPS) is 31.9. The van der Waals surface area contributed by atoms with Gasteiger partial charge in [0.15, 0.2) is 12.0 Å². The molecule has 2 aromatic heterocycles. The highest BCUT2D eigenvalue weighted by atomic mass is 19.3. The molecule has 2 fully saturated rings. The van der Waals surface area contributed by atoms with Crippen LogP contribution in [0.15, 0.2) is 18.6 Å². The highest BCUT2D eigenvalue weighted by molar-refractivity contribution is 5.78.